The third kappa shape index (κ3) is 2.71. The molecular formula is C11H10ClFN2S. The summed E-state index contributed by atoms with van der Waals surface area (Å²) in [6, 6.07) is 8.53. The predicted octanol–water partition coefficient (Wildman–Crippen LogP) is 4.11. The van der Waals surface area contributed by atoms with Gasteiger partial charge < -0.3 is 5.32 Å². The van der Waals surface area contributed by atoms with E-state index in [1.807, 2.05) is 19.1 Å². The molecule has 1 N–H and O–H groups in total. The van der Waals surface area contributed by atoms with Crippen molar-refractivity contribution in [2.45, 2.75) is 13.0 Å². The third-order valence-electron chi connectivity index (χ3n) is 2.10. The van der Waals surface area contributed by atoms with Crippen LogP contribution >= 0.6 is 22.9 Å². The molecule has 2 heterocycles. The van der Waals surface area contributed by atoms with Crippen molar-refractivity contribution >= 4 is 28.8 Å². The van der Waals surface area contributed by atoms with E-state index in [-0.39, 0.29) is 6.04 Å². The maximum Gasteiger partial charge on any atom is 0.214 e. The quantitative estimate of drug-likeness (QED) is 0.836. The van der Waals surface area contributed by atoms with Crippen LogP contribution in [0, 0.1) is 5.95 Å². The van der Waals surface area contributed by atoms with Crippen molar-refractivity contribution in [2.24, 2.45) is 0 Å². The van der Waals surface area contributed by atoms with Gasteiger partial charge in [0.15, 0.2) is 0 Å². The lowest BCUT2D eigenvalue weighted by Gasteiger charge is -2.12. The van der Waals surface area contributed by atoms with Gasteiger partial charge in [-0.2, -0.15) is 4.39 Å². The number of pyridine rings is 1. The van der Waals surface area contributed by atoms with E-state index in [0.717, 1.165) is 9.21 Å². The van der Waals surface area contributed by atoms with E-state index in [0.29, 0.717) is 5.82 Å². The molecule has 0 fully saturated rings. The van der Waals surface area contributed by atoms with Gasteiger partial charge in [-0.25, -0.2) is 4.98 Å². The van der Waals surface area contributed by atoms with Crippen molar-refractivity contribution in [1.29, 1.82) is 0 Å². The number of thiophene rings is 1. The Morgan fingerprint density at radius 3 is 2.81 bits per heavy atom. The molecule has 0 radical (unpaired) electrons. The van der Waals surface area contributed by atoms with Crippen LogP contribution < -0.4 is 5.32 Å². The first kappa shape index (κ1) is 11.4. The van der Waals surface area contributed by atoms with Crippen molar-refractivity contribution < 1.29 is 4.39 Å². The summed E-state index contributed by atoms with van der Waals surface area (Å²) < 4.78 is 13.6. The lowest BCUT2D eigenvalue weighted by molar-refractivity contribution is 0.584. The molecule has 0 aliphatic carbocycles. The van der Waals surface area contributed by atoms with Gasteiger partial charge in [0.2, 0.25) is 5.95 Å². The maximum absolute atomic E-state index is 12.9. The van der Waals surface area contributed by atoms with E-state index in [2.05, 4.69) is 10.3 Å². The normalized spacial score (nSPS) is 12.4. The second-order valence-corrected chi connectivity index (χ2v) is 5.10. The summed E-state index contributed by atoms with van der Waals surface area (Å²) in [6.07, 6.45) is 0. The van der Waals surface area contributed by atoms with E-state index in [4.69, 9.17) is 11.6 Å². The predicted molar refractivity (Wildman–Crippen MR) is 65.6 cm³/mol. The first-order valence-corrected chi connectivity index (χ1v) is 5.99. The molecule has 0 amide bonds. The minimum Gasteiger partial charge on any atom is -0.363 e. The molecule has 0 saturated heterocycles. The van der Waals surface area contributed by atoms with Crippen LogP contribution in [0.1, 0.15) is 17.8 Å². The lowest BCUT2D eigenvalue weighted by Crippen LogP contribution is -2.06. The Kier molecular flexibility index (Phi) is 3.41. The summed E-state index contributed by atoms with van der Waals surface area (Å²) in [5.41, 5.74) is 0. The van der Waals surface area contributed by atoms with Crippen LogP contribution in [-0.4, -0.2) is 4.98 Å². The van der Waals surface area contributed by atoms with Gasteiger partial charge in [-0.05, 0) is 31.2 Å². The molecular weight excluding hydrogens is 247 g/mol. The summed E-state index contributed by atoms with van der Waals surface area (Å²) >= 11 is 7.35. The summed E-state index contributed by atoms with van der Waals surface area (Å²) in [7, 11) is 0. The van der Waals surface area contributed by atoms with Crippen LogP contribution in [0.2, 0.25) is 4.34 Å². The first-order chi connectivity index (χ1) is 7.65. The number of halogens is 2. The molecule has 2 nitrogen and oxygen atoms in total. The number of aromatic nitrogens is 1. The van der Waals surface area contributed by atoms with Crippen molar-refractivity contribution in [3.8, 4) is 0 Å². The van der Waals surface area contributed by atoms with Crippen molar-refractivity contribution in [3.05, 3.63) is 45.5 Å². The highest BCUT2D eigenvalue weighted by Gasteiger charge is 2.08. The zero-order valence-electron chi connectivity index (χ0n) is 8.58. The molecule has 0 aliphatic heterocycles. The van der Waals surface area contributed by atoms with Crippen LogP contribution in [0.4, 0.5) is 10.2 Å². The van der Waals surface area contributed by atoms with Gasteiger partial charge in [-0.1, -0.05) is 17.7 Å². The fourth-order valence-corrected chi connectivity index (χ4v) is 2.41. The summed E-state index contributed by atoms with van der Waals surface area (Å²) in [5.74, 6) is 0.0402. The first-order valence-electron chi connectivity index (χ1n) is 4.79. The van der Waals surface area contributed by atoms with Gasteiger partial charge in [-0.3, -0.25) is 0 Å². The zero-order chi connectivity index (χ0) is 11.5. The maximum atomic E-state index is 12.9. The Balaban J connectivity index is 2.10. The summed E-state index contributed by atoms with van der Waals surface area (Å²) in [4.78, 5) is 4.83. The Bertz CT molecular complexity index is 486. The molecule has 0 saturated carbocycles. The fourth-order valence-electron chi connectivity index (χ4n) is 1.34. The molecule has 0 aliphatic rings. The largest absolute Gasteiger partial charge is 0.363 e. The minimum absolute atomic E-state index is 0.0619. The highest BCUT2D eigenvalue weighted by atomic mass is 35.5. The van der Waals surface area contributed by atoms with Crippen molar-refractivity contribution in [2.75, 3.05) is 5.32 Å². The number of nitrogens with zero attached hydrogens (tertiary/aromatic N) is 1. The second-order valence-electron chi connectivity index (χ2n) is 3.35. The van der Waals surface area contributed by atoms with Gasteiger partial charge >= 0.3 is 0 Å². The topological polar surface area (TPSA) is 24.9 Å². The highest BCUT2D eigenvalue weighted by molar-refractivity contribution is 7.16. The Labute approximate surface area is 102 Å². The Morgan fingerprint density at radius 2 is 2.19 bits per heavy atom. The molecule has 16 heavy (non-hydrogen) atoms. The molecule has 2 rings (SSSR count). The smallest absolute Gasteiger partial charge is 0.214 e. The molecule has 2 aromatic heterocycles. The van der Waals surface area contributed by atoms with E-state index in [9.17, 15) is 4.39 Å². The SMILES string of the molecule is CC(Nc1cccc(F)n1)c1ccc(Cl)s1. The number of hydrogen-bond acceptors (Lipinski definition) is 3. The third-order valence-corrected chi connectivity index (χ3v) is 3.51. The van der Waals surface area contributed by atoms with Crippen LogP contribution in [0.25, 0.3) is 0 Å². The standard InChI is InChI=1S/C11H10ClFN2S/c1-7(8-5-6-9(12)16-8)14-11-4-2-3-10(13)15-11/h2-7H,1H3,(H,14,15). The van der Waals surface area contributed by atoms with E-state index in [1.54, 1.807) is 12.1 Å². The fraction of sp³-hybridized carbons (Fsp3) is 0.182. The second kappa shape index (κ2) is 4.80. The van der Waals surface area contributed by atoms with Crippen molar-refractivity contribution in [3.63, 3.8) is 0 Å². The minimum atomic E-state index is -0.485. The number of anilines is 1. The molecule has 1 atom stereocenters. The molecule has 5 heteroatoms. The van der Waals surface area contributed by atoms with Gasteiger partial charge in [0, 0.05) is 4.88 Å². The molecule has 0 aromatic carbocycles. The van der Waals surface area contributed by atoms with Crippen LogP contribution in [0.15, 0.2) is 30.3 Å². The Morgan fingerprint density at radius 1 is 1.38 bits per heavy atom. The highest BCUT2D eigenvalue weighted by Crippen LogP contribution is 2.28. The zero-order valence-corrected chi connectivity index (χ0v) is 10.1. The van der Waals surface area contributed by atoms with Gasteiger partial charge in [0.05, 0.1) is 10.4 Å². The number of rotatable bonds is 3. The van der Waals surface area contributed by atoms with Crippen LogP contribution in [0.3, 0.4) is 0 Å². The average Bonchev–Trinajstić information content (AvgIpc) is 2.65. The van der Waals surface area contributed by atoms with Crippen LogP contribution in [-0.2, 0) is 0 Å². The van der Waals surface area contributed by atoms with Gasteiger partial charge in [0.1, 0.15) is 5.82 Å². The summed E-state index contributed by atoms with van der Waals surface area (Å²) in [6.45, 7) is 1.98. The number of hydrogen-bond donors (Lipinski definition) is 1. The van der Waals surface area contributed by atoms with Gasteiger partial charge in [-0.15, -0.1) is 11.3 Å². The number of nitrogens with one attached hydrogen (secondary N) is 1. The molecule has 84 valence electrons. The van der Waals surface area contributed by atoms with Crippen molar-refractivity contribution in [1.82, 2.24) is 4.98 Å². The van der Waals surface area contributed by atoms with Crippen LogP contribution in [0.5, 0.6) is 0 Å². The van der Waals surface area contributed by atoms with Gasteiger partial charge in [0.25, 0.3) is 0 Å². The summed E-state index contributed by atoms with van der Waals surface area (Å²) in [5, 5.41) is 3.11. The van der Waals surface area contributed by atoms with E-state index < -0.39 is 5.95 Å². The molecule has 0 bridgehead atoms. The average molecular weight is 257 g/mol. The molecule has 2 aromatic rings. The lowest BCUT2D eigenvalue weighted by atomic mass is 10.3. The Hall–Kier alpha value is -1.13. The van der Waals surface area contributed by atoms with E-state index >= 15 is 0 Å². The molecule has 1 unspecified atom stereocenters. The monoisotopic (exact) mass is 256 g/mol. The molecule has 0 spiro atoms. The van der Waals surface area contributed by atoms with E-state index in [1.165, 1.54) is 17.4 Å².